The second-order valence-electron chi connectivity index (χ2n) is 5.53. The molecule has 1 fully saturated rings. The van der Waals surface area contributed by atoms with Gasteiger partial charge in [-0.2, -0.15) is 0 Å². The van der Waals surface area contributed by atoms with E-state index in [1.807, 2.05) is 20.8 Å². The molecule has 19 heavy (non-hydrogen) atoms. The SMILES string of the molecule is CC(C)C(C)NS(=O)(=O)c1ccc(CNC2CC2)o1. The summed E-state index contributed by atoms with van der Waals surface area (Å²) < 4.78 is 32.2. The molecule has 6 heteroatoms. The number of hydrogen-bond donors (Lipinski definition) is 2. The first-order chi connectivity index (χ1) is 8.88. The Morgan fingerprint density at radius 1 is 1.32 bits per heavy atom. The van der Waals surface area contributed by atoms with Crippen LogP contribution >= 0.6 is 0 Å². The highest BCUT2D eigenvalue weighted by molar-refractivity contribution is 7.89. The van der Waals surface area contributed by atoms with Crippen molar-refractivity contribution in [1.29, 1.82) is 0 Å². The fourth-order valence-corrected chi connectivity index (χ4v) is 2.91. The smallest absolute Gasteiger partial charge is 0.274 e. The van der Waals surface area contributed by atoms with Gasteiger partial charge in [0.1, 0.15) is 5.76 Å². The van der Waals surface area contributed by atoms with Crippen molar-refractivity contribution in [3.05, 3.63) is 17.9 Å². The Hall–Kier alpha value is -0.850. The van der Waals surface area contributed by atoms with Crippen LogP contribution in [0.4, 0.5) is 0 Å². The molecule has 1 aliphatic carbocycles. The minimum Gasteiger partial charge on any atom is -0.447 e. The minimum absolute atomic E-state index is 0.00685. The van der Waals surface area contributed by atoms with Gasteiger partial charge in [-0.15, -0.1) is 0 Å². The van der Waals surface area contributed by atoms with E-state index in [-0.39, 0.29) is 17.1 Å². The van der Waals surface area contributed by atoms with E-state index in [0.29, 0.717) is 18.3 Å². The van der Waals surface area contributed by atoms with E-state index in [1.54, 1.807) is 6.07 Å². The topological polar surface area (TPSA) is 71.3 Å². The molecule has 5 nitrogen and oxygen atoms in total. The highest BCUT2D eigenvalue weighted by Gasteiger charge is 2.24. The Kier molecular flexibility index (Phi) is 4.32. The van der Waals surface area contributed by atoms with Crippen LogP contribution in [0, 0.1) is 5.92 Å². The average Bonchev–Trinajstić information content (AvgIpc) is 3.02. The lowest BCUT2D eigenvalue weighted by Gasteiger charge is -2.16. The highest BCUT2D eigenvalue weighted by atomic mass is 32.2. The lowest BCUT2D eigenvalue weighted by atomic mass is 10.1. The molecule has 2 rings (SSSR count). The lowest BCUT2D eigenvalue weighted by Crippen LogP contribution is -2.35. The largest absolute Gasteiger partial charge is 0.447 e. The fourth-order valence-electron chi connectivity index (χ4n) is 1.57. The monoisotopic (exact) mass is 286 g/mol. The summed E-state index contributed by atoms with van der Waals surface area (Å²) >= 11 is 0. The molecule has 0 radical (unpaired) electrons. The second kappa shape index (κ2) is 5.64. The van der Waals surface area contributed by atoms with Crippen molar-refractivity contribution in [2.45, 2.75) is 57.3 Å². The number of nitrogens with one attached hydrogen (secondary N) is 2. The summed E-state index contributed by atoms with van der Waals surface area (Å²) in [6.45, 7) is 6.38. The number of sulfonamides is 1. The Morgan fingerprint density at radius 2 is 2.00 bits per heavy atom. The van der Waals surface area contributed by atoms with Crippen molar-refractivity contribution in [3.8, 4) is 0 Å². The van der Waals surface area contributed by atoms with Gasteiger partial charge in [-0.3, -0.25) is 0 Å². The van der Waals surface area contributed by atoms with E-state index in [9.17, 15) is 8.42 Å². The quantitative estimate of drug-likeness (QED) is 0.802. The molecule has 1 unspecified atom stereocenters. The molecule has 1 aromatic rings. The molecule has 1 saturated carbocycles. The van der Waals surface area contributed by atoms with E-state index >= 15 is 0 Å². The molecular weight excluding hydrogens is 264 g/mol. The van der Waals surface area contributed by atoms with Crippen LogP contribution in [0.25, 0.3) is 0 Å². The van der Waals surface area contributed by atoms with Gasteiger partial charge in [0.25, 0.3) is 10.0 Å². The average molecular weight is 286 g/mol. The van der Waals surface area contributed by atoms with Gasteiger partial charge < -0.3 is 9.73 Å². The van der Waals surface area contributed by atoms with Crippen molar-refractivity contribution in [3.63, 3.8) is 0 Å². The molecular formula is C13H22N2O3S. The molecule has 1 atom stereocenters. The summed E-state index contributed by atoms with van der Waals surface area (Å²) in [6, 6.07) is 3.68. The molecule has 0 aromatic carbocycles. The first-order valence-corrected chi connectivity index (χ1v) is 8.21. The molecule has 0 spiro atoms. The Bertz CT molecular complexity index is 518. The molecule has 1 aromatic heterocycles. The van der Waals surface area contributed by atoms with E-state index < -0.39 is 10.0 Å². The van der Waals surface area contributed by atoms with Gasteiger partial charge in [-0.25, -0.2) is 13.1 Å². The van der Waals surface area contributed by atoms with E-state index in [0.717, 1.165) is 0 Å². The first-order valence-electron chi connectivity index (χ1n) is 6.73. The second-order valence-corrected chi connectivity index (χ2v) is 7.17. The van der Waals surface area contributed by atoms with Gasteiger partial charge in [-0.05, 0) is 37.8 Å². The Balaban J connectivity index is 1.99. The third-order valence-electron chi connectivity index (χ3n) is 3.39. The molecule has 2 N–H and O–H groups in total. The molecule has 0 amide bonds. The van der Waals surface area contributed by atoms with Gasteiger partial charge in [0.05, 0.1) is 6.54 Å². The lowest BCUT2D eigenvalue weighted by molar-refractivity contribution is 0.393. The van der Waals surface area contributed by atoms with Crippen molar-refractivity contribution in [1.82, 2.24) is 10.0 Å². The standard InChI is InChI=1S/C13H22N2O3S/c1-9(2)10(3)15-19(16,17)13-7-6-12(18-13)8-14-11-4-5-11/h6-7,9-11,14-15H,4-5,8H2,1-3H3. The summed E-state index contributed by atoms with van der Waals surface area (Å²) in [4.78, 5) is 0. The minimum atomic E-state index is -3.55. The Labute approximate surface area is 114 Å². The predicted octanol–water partition coefficient (Wildman–Crippen LogP) is 1.85. The molecule has 1 heterocycles. The van der Waals surface area contributed by atoms with Crippen LogP contribution < -0.4 is 10.0 Å². The molecule has 1 aliphatic rings. The maximum absolute atomic E-state index is 12.1. The maximum Gasteiger partial charge on any atom is 0.274 e. The van der Waals surface area contributed by atoms with Crippen LogP contribution in [-0.2, 0) is 16.6 Å². The summed E-state index contributed by atoms with van der Waals surface area (Å²) in [5.41, 5.74) is 0. The van der Waals surface area contributed by atoms with E-state index in [2.05, 4.69) is 10.0 Å². The van der Waals surface area contributed by atoms with Gasteiger partial charge in [0.15, 0.2) is 0 Å². The van der Waals surface area contributed by atoms with Crippen molar-refractivity contribution >= 4 is 10.0 Å². The molecule has 0 bridgehead atoms. The summed E-state index contributed by atoms with van der Waals surface area (Å²) in [6.07, 6.45) is 2.39. The van der Waals surface area contributed by atoms with Gasteiger partial charge in [0, 0.05) is 12.1 Å². The van der Waals surface area contributed by atoms with Gasteiger partial charge in [-0.1, -0.05) is 13.8 Å². The van der Waals surface area contributed by atoms with Crippen LogP contribution in [-0.4, -0.2) is 20.5 Å². The van der Waals surface area contributed by atoms with Crippen LogP contribution in [0.1, 0.15) is 39.4 Å². The van der Waals surface area contributed by atoms with Crippen LogP contribution in [0.3, 0.4) is 0 Å². The van der Waals surface area contributed by atoms with Crippen LogP contribution in [0.5, 0.6) is 0 Å². The number of furan rings is 1. The number of hydrogen-bond acceptors (Lipinski definition) is 4. The number of rotatable bonds is 7. The molecule has 108 valence electrons. The predicted molar refractivity (Wildman–Crippen MR) is 73.2 cm³/mol. The third-order valence-corrected chi connectivity index (χ3v) is 4.82. The molecule has 0 saturated heterocycles. The summed E-state index contributed by atoms with van der Waals surface area (Å²) in [5.74, 6) is 0.894. The third kappa shape index (κ3) is 4.06. The zero-order chi connectivity index (χ0) is 14.0. The zero-order valence-electron chi connectivity index (χ0n) is 11.6. The van der Waals surface area contributed by atoms with E-state index in [1.165, 1.54) is 18.9 Å². The normalized spacial score (nSPS) is 17.9. The van der Waals surface area contributed by atoms with Crippen LogP contribution in [0.2, 0.25) is 0 Å². The molecule has 0 aliphatic heterocycles. The van der Waals surface area contributed by atoms with Crippen LogP contribution in [0.15, 0.2) is 21.6 Å². The summed E-state index contributed by atoms with van der Waals surface area (Å²) in [7, 11) is -3.55. The zero-order valence-corrected chi connectivity index (χ0v) is 12.5. The maximum atomic E-state index is 12.1. The fraction of sp³-hybridized carbons (Fsp3) is 0.692. The Morgan fingerprint density at radius 3 is 2.58 bits per heavy atom. The van der Waals surface area contributed by atoms with Gasteiger partial charge in [0.2, 0.25) is 5.09 Å². The first kappa shape index (κ1) is 14.6. The summed E-state index contributed by atoms with van der Waals surface area (Å²) in [5, 5.41) is 3.28. The van der Waals surface area contributed by atoms with Crippen molar-refractivity contribution in [2.24, 2.45) is 5.92 Å². The van der Waals surface area contributed by atoms with Gasteiger partial charge >= 0.3 is 0 Å². The van der Waals surface area contributed by atoms with Crippen molar-refractivity contribution < 1.29 is 12.8 Å². The van der Waals surface area contributed by atoms with Crippen molar-refractivity contribution in [2.75, 3.05) is 0 Å². The highest BCUT2D eigenvalue weighted by Crippen LogP contribution is 2.20. The van der Waals surface area contributed by atoms with E-state index in [4.69, 9.17) is 4.42 Å².